The fraction of sp³-hybridized carbons (Fsp3) is 0.571. The molecular weight excluding hydrogens is 358 g/mol. The lowest BCUT2D eigenvalue weighted by molar-refractivity contribution is 0.105. The molecule has 0 bridgehead atoms. The Labute approximate surface area is 133 Å². The van der Waals surface area contributed by atoms with Gasteiger partial charge in [0.2, 0.25) is 10.0 Å². The monoisotopic (exact) mass is 377 g/mol. The van der Waals surface area contributed by atoms with E-state index in [0.29, 0.717) is 23.0 Å². The summed E-state index contributed by atoms with van der Waals surface area (Å²) in [5.41, 5.74) is 1.36. The van der Waals surface area contributed by atoms with E-state index in [-0.39, 0.29) is 17.6 Å². The highest BCUT2D eigenvalue weighted by Crippen LogP contribution is 2.27. The lowest BCUT2D eigenvalue weighted by Crippen LogP contribution is -2.27. The molecule has 1 saturated heterocycles. The summed E-state index contributed by atoms with van der Waals surface area (Å²) in [5.74, 6) is 0. The highest BCUT2D eigenvalue weighted by Gasteiger charge is 2.21. The number of ether oxygens (including phenoxy) is 1. The quantitative estimate of drug-likeness (QED) is 0.795. The van der Waals surface area contributed by atoms with Gasteiger partial charge in [-0.15, -0.1) is 0 Å². The lowest BCUT2D eigenvalue weighted by Gasteiger charge is -2.13. The molecule has 0 radical (unpaired) electrons. The topological polar surface area (TPSA) is 75.6 Å². The number of halogens is 1. The molecule has 0 spiro atoms. The molecule has 1 atom stereocenters. The van der Waals surface area contributed by atoms with Crippen LogP contribution in [0.5, 0.6) is 0 Å². The van der Waals surface area contributed by atoms with Gasteiger partial charge in [-0.1, -0.05) is 6.07 Å². The Morgan fingerprint density at radius 3 is 2.86 bits per heavy atom. The first-order valence-electron chi connectivity index (χ1n) is 6.95. The summed E-state index contributed by atoms with van der Waals surface area (Å²) in [7, 11) is -3.60. The molecule has 1 aliphatic heterocycles. The molecule has 21 heavy (non-hydrogen) atoms. The summed E-state index contributed by atoms with van der Waals surface area (Å²) >= 11 is 3.31. The summed E-state index contributed by atoms with van der Waals surface area (Å²) in [6, 6.07) is 3.25. The van der Waals surface area contributed by atoms with Gasteiger partial charge in [-0.2, -0.15) is 0 Å². The van der Waals surface area contributed by atoms with Crippen molar-refractivity contribution in [2.75, 3.05) is 13.2 Å². The molecule has 0 amide bonds. The fourth-order valence-corrected chi connectivity index (χ4v) is 4.51. The second-order valence-corrected chi connectivity index (χ2v) is 7.73. The molecule has 0 aliphatic carbocycles. The van der Waals surface area contributed by atoms with Crippen molar-refractivity contribution in [1.82, 2.24) is 4.72 Å². The zero-order valence-electron chi connectivity index (χ0n) is 11.9. The van der Waals surface area contributed by atoms with Crippen LogP contribution in [-0.2, 0) is 21.4 Å². The summed E-state index contributed by atoms with van der Waals surface area (Å²) in [6.07, 6.45) is 2.86. The third-order valence-corrected chi connectivity index (χ3v) is 6.34. The van der Waals surface area contributed by atoms with Crippen molar-refractivity contribution in [2.45, 2.75) is 43.8 Å². The van der Waals surface area contributed by atoms with Gasteiger partial charge in [0.05, 0.1) is 17.6 Å². The van der Waals surface area contributed by atoms with Crippen LogP contribution in [0.2, 0.25) is 0 Å². The first-order valence-corrected chi connectivity index (χ1v) is 9.23. The second kappa shape index (κ2) is 7.19. The van der Waals surface area contributed by atoms with E-state index in [2.05, 4.69) is 20.7 Å². The molecule has 1 fully saturated rings. The number of aryl methyl sites for hydroxylation is 1. The van der Waals surface area contributed by atoms with Crippen LogP contribution in [0.1, 0.15) is 30.4 Å². The largest absolute Gasteiger partial charge is 0.392 e. The van der Waals surface area contributed by atoms with Gasteiger partial charge < -0.3 is 9.84 Å². The van der Waals surface area contributed by atoms with Gasteiger partial charge in [0.25, 0.3) is 0 Å². The Bertz CT molecular complexity index is 597. The maximum Gasteiger partial charge on any atom is 0.241 e. The predicted molar refractivity (Wildman–Crippen MR) is 83.6 cm³/mol. The number of rotatable bonds is 6. The molecule has 2 N–H and O–H groups in total. The Kier molecular flexibility index (Phi) is 5.79. The van der Waals surface area contributed by atoms with Crippen molar-refractivity contribution in [3.05, 3.63) is 27.7 Å². The highest BCUT2D eigenvalue weighted by atomic mass is 79.9. The smallest absolute Gasteiger partial charge is 0.241 e. The second-order valence-electron chi connectivity index (χ2n) is 5.20. The summed E-state index contributed by atoms with van der Waals surface area (Å²) < 4.78 is 33.4. The molecule has 1 heterocycles. The summed E-state index contributed by atoms with van der Waals surface area (Å²) in [4.78, 5) is 0.166. The van der Waals surface area contributed by atoms with E-state index in [1.807, 2.05) is 0 Å². The molecule has 118 valence electrons. The van der Waals surface area contributed by atoms with Crippen molar-refractivity contribution >= 4 is 26.0 Å². The molecule has 0 saturated carbocycles. The van der Waals surface area contributed by atoms with Crippen LogP contribution in [0, 0.1) is 6.92 Å². The zero-order valence-corrected chi connectivity index (χ0v) is 14.3. The minimum absolute atomic E-state index is 0.154. The predicted octanol–water partition coefficient (Wildman–Crippen LogP) is 2.10. The highest BCUT2D eigenvalue weighted by molar-refractivity contribution is 9.10. The normalized spacial score (nSPS) is 19.1. The third-order valence-electron chi connectivity index (χ3n) is 3.54. The Morgan fingerprint density at radius 1 is 1.48 bits per heavy atom. The third kappa shape index (κ3) is 4.26. The van der Waals surface area contributed by atoms with Crippen LogP contribution in [0.15, 0.2) is 21.5 Å². The average Bonchev–Trinajstić information content (AvgIpc) is 2.94. The van der Waals surface area contributed by atoms with Gasteiger partial charge >= 0.3 is 0 Å². The van der Waals surface area contributed by atoms with Crippen LogP contribution in [0.4, 0.5) is 0 Å². The van der Waals surface area contributed by atoms with Gasteiger partial charge in [0.15, 0.2) is 0 Å². The van der Waals surface area contributed by atoms with E-state index in [0.717, 1.165) is 25.0 Å². The molecule has 5 nitrogen and oxygen atoms in total. The maximum absolute atomic E-state index is 12.4. The number of aliphatic hydroxyl groups is 1. The molecule has 0 aromatic heterocycles. The van der Waals surface area contributed by atoms with Crippen molar-refractivity contribution in [3.8, 4) is 0 Å². The van der Waals surface area contributed by atoms with Gasteiger partial charge in [-0.05, 0) is 59.3 Å². The summed E-state index contributed by atoms with van der Waals surface area (Å²) in [6.45, 7) is 2.73. The average molecular weight is 378 g/mol. The zero-order chi connectivity index (χ0) is 15.5. The molecule has 1 aromatic rings. The van der Waals surface area contributed by atoms with Crippen molar-refractivity contribution in [1.29, 1.82) is 0 Å². The Hall–Kier alpha value is -0.470. The van der Waals surface area contributed by atoms with Gasteiger partial charge in [-0.3, -0.25) is 0 Å². The Morgan fingerprint density at radius 2 is 2.24 bits per heavy atom. The number of hydrogen-bond donors (Lipinski definition) is 2. The number of benzene rings is 1. The van der Waals surface area contributed by atoms with Gasteiger partial charge in [0.1, 0.15) is 0 Å². The van der Waals surface area contributed by atoms with E-state index in [4.69, 9.17) is 4.74 Å². The first-order chi connectivity index (χ1) is 9.94. The number of nitrogens with one attached hydrogen (secondary N) is 1. The molecular formula is C14H20BrNO4S. The SMILES string of the molecule is Cc1cc(CO)cc(S(=O)(=O)NCCC2CCCO2)c1Br. The molecule has 1 aromatic carbocycles. The minimum Gasteiger partial charge on any atom is -0.392 e. The summed E-state index contributed by atoms with van der Waals surface area (Å²) in [5, 5.41) is 9.22. The molecule has 1 unspecified atom stereocenters. The van der Waals surface area contributed by atoms with Crippen LogP contribution < -0.4 is 4.72 Å². The van der Waals surface area contributed by atoms with Crippen LogP contribution in [0.25, 0.3) is 0 Å². The number of sulfonamides is 1. The van der Waals surface area contributed by atoms with Gasteiger partial charge in [0, 0.05) is 17.6 Å². The Balaban J connectivity index is 2.09. The van der Waals surface area contributed by atoms with Crippen LogP contribution in [0.3, 0.4) is 0 Å². The van der Waals surface area contributed by atoms with Crippen molar-refractivity contribution in [2.24, 2.45) is 0 Å². The number of aliphatic hydroxyl groups excluding tert-OH is 1. The molecule has 2 rings (SSSR count). The maximum atomic E-state index is 12.4. The first kappa shape index (κ1) is 16.9. The lowest BCUT2D eigenvalue weighted by atomic mass is 10.1. The van der Waals surface area contributed by atoms with Crippen molar-refractivity contribution in [3.63, 3.8) is 0 Å². The molecule has 1 aliphatic rings. The van der Waals surface area contributed by atoms with E-state index in [1.54, 1.807) is 13.0 Å². The van der Waals surface area contributed by atoms with Gasteiger partial charge in [-0.25, -0.2) is 13.1 Å². The van der Waals surface area contributed by atoms with E-state index >= 15 is 0 Å². The standard InChI is InChI=1S/C14H20BrNO4S/c1-10-7-11(9-17)8-13(14(10)15)21(18,19)16-5-4-12-3-2-6-20-12/h7-8,12,16-17H,2-6,9H2,1H3. The molecule has 7 heteroatoms. The van der Waals surface area contributed by atoms with Crippen molar-refractivity contribution < 1.29 is 18.3 Å². The number of hydrogen-bond acceptors (Lipinski definition) is 4. The van der Waals surface area contributed by atoms with E-state index < -0.39 is 10.0 Å². The fourth-order valence-electron chi connectivity index (χ4n) is 2.40. The van der Waals surface area contributed by atoms with E-state index in [1.165, 1.54) is 6.07 Å². The van der Waals surface area contributed by atoms with Crippen LogP contribution in [-0.4, -0.2) is 32.8 Å². The minimum atomic E-state index is -3.60. The van der Waals surface area contributed by atoms with E-state index in [9.17, 15) is 13.5 Å². The van der Waals surface area contributed by atoms with Crippen LogP contribution >= 0.6 is 15.9 Å².